The number of nitrogens with zero attached hydrogens (tertiary/aromatic N) is 2. The largest absolute Gasteiger partial charge is 0.497 e. The van der Waals surface area contributed by atoms with E-state index in [1.54, 1.807) is 19.4 Å². The average molecular weight is 325 g/mol. The molecule has 1 aromatic carbocycles. The van der Waals surface area contributed by atoms with E-state index in [9.17, 15) is 4.79 Å². The van der Waals surface area contributed by atoms with Gasteiger partial charge in [-0.15, -0.1) is 0 Å². The van der Waals surface area contributed by atoms with Crippen molar-refractivity contribution in [3.63, 3.8) is 0 Å². The fourth-order valence-electron chi connectivity index (χ4n) is 2.41. The Morgan fingerprint density at radius 2 is 1.92 bits per heavy atom. The lowest BCUT2D eigenvalue weighted by atomic mass is 10.1. The first-order valence-corrected chi connectivity index (χ1v) is 7.63. The van der Waals surface area contributed by atoms with Gasteiger partial charge in [-0.3, -0.25) is 4.79 Å². The van der Waals surface area contributed by atoms with Crippen molar-refractivity contribution in [2.75, 3.05) is 7.11 Å². The number of carbonyl (C=O) groups excluding carboxylic acids is 1. The summed E-state index contributed by atoms with van der Waals surface area (Å²) in [4.78, 5) is 15.1. The molecule has 0 aliphatic heterocycles. The highest BCUT2D eigenvalue weighted by molar-refractivity contribution is 5.94. The molecule has 3 aromatic rings. The second-order valence-electron chi connectivity index (χ2n) is 5.68. The first-order valence-electron chi connectivity index (χ1n) is 7.63. The van der Waals surface area contributed by atoms with Crippen LogP contribution in [0.25, 0.3) is 22.5 Å². The number of amides is 1. The Labute approximate surface area is 139 Å². The van der Waals surface area contributed by atoms with Crippen molar-refractivity contribution in [1.29, 1.82) is 0 Å². The summed E-state index contributed by atoms with van der Waals surface area (Å²) in [5, 5.41) is 14.0. The predicted molar refractivity (Wildman–Crippen MR) is 90.8 cm³/mol. The summed E-state index contributed by atoms with van der Waals surface area (Å²) in [6.45, 7) is 3.83. The van der Waals surface area contributed by atoms with Gasteiger partial charge in [-0.1, -0.05) is 12.1 Å². The normalized spacial score (nSPS) is 10.8. The molecule has 0 bridgehead atoms. The van der Waals surface area contributed by atoms with Crippen LogP contribution in [0.4, 0.5) is 0 Å². The molecule has 0 saturated heterocycles. The number of hydrogen-bond acceptors (Lipinski definition) is 4. The van der Waals surface area contributed by atoms with Crippen molar-refractivity contribution >= 4 is 5.91 Å². The van der Waals surface area contributed by atoms with Gasteiger partial charge in [-0.05, 0) is 32.0 Å². The van der Waals surface area contributed by atoms with Crippen molar-refractivity contribution in [1.82, 2.24) is 25.7 Å². The maximum Gasteiger partial charge on any atom is 0.267 e. The summed E-state index contributed by atoms with van der Waals surface area (Å²) in [6.07, 6.45) is 1.75. The van der Waals surface area contributed by atoms with Crippen LogP contribution in [0.15, 0.2) is 36.5 Å². The highest BCUT2D eigenvalue weighted by atomic mass is 16.5. The molecule has 7 heteroatoms. The highest BCUT2D eigenvalue weighted by Gasteiger charge is 2.16. The van der Waals surface area contributed by atoms with Crippen molar-refractivity contribution in [3.05, 3.63) is 42.2 Å². The van der Waals surface area contributed by atoms with Gasteiger partial charge in [-0.25, -0.2) is 0 Å². The Morgan fingerprint density at radius 1 is 1.17 bits per heavy atom. The third kappa shape index (κ3) is 3.15. The number of methoxy groups -OCH3 is 1. The molecule has 0 aliphatic rings. The Kier molecular flexibility index (Phi) is 4.33. The van der Waals surface area contributed by atoms with Gasteiger partial charge >= 0.3 is 0 Å². The van der Waals surface area contributed by atoms with E-state index in [2.05, 4.69) is 25.7 Å². The molecular formula is C17H19N5O2. The van der Waals surface area contributed by atoms with E-state index < -0.39 is 0 Å². The smallest absolute Gasteiger partial charge is 0.267 e. The SMILES string of the molecule is COc1cccc(-c2n[nH]nc2-c2c[nH]c(C(=O)NC(C)C)c2)c1. The zero-order chi connectivity index (χ0) is 17.1. The molecule has 0 atom stereocenters. The molecular weight excluding hydrogens is 306 g/mol. The molecule has 3 N–H and O–H groups in total. The molecule has 3 rings (SSSR count). The number of H-pyrrole nitrogens is 2. The van der Waals surface area contributed by atoms with Crippen LogP contribution in [-0.2, 0) is 0 Å². The molecule has 2 heterocycles. The maximum absolute atomic E-state index is 12.1. The molecule has 2 aromatic heterocycles. The number of hydrogen-bond donors (Lipinski definition) is 3. The zero-order valence-corrected chi connectivity index (χ0v) is 13.8. The topological polar surface area (TPSA) is 95.7 Å². The summed E-state index contributed by atoms with van der Waals surface area (Å²) in [7, 11) is 1.62. The van der Waals surface area contributed by atoms with Gasteiger partial charge in [0.1, 0.15) is 22.8 Å². The highest BCUT2D eigenvalue weighted by Crippen LogP contribution is 2.30. The average Bonchev–Trinajstić information content (AvgIpc) is 3.23. The molecule has 0 radical (unpaired) electrons. The molecule has 0 aliphatic carbocycles. The lowest BCUT2D eigenvalue weighted by Crippen LogP contribution is -2.30. The number of ether oxygens (including phenoxy) is 1. The molecule has 0 spiro atoms. The Hall–Kier alpha value is -3.09. The minimum Gasteiger partial charge on any atom is -0.497 e. The zero-order valence-electron chi connectivity index (χ0n) is 13.8. The Morgan fingerprint density at radius 3 is 2.62 bits per heavy atom. The van der Waals surface area contributed by atoms with E-state index in [0.717, 1.165) is 16.9 Å². The van der Waals surface area contributed by atoms with Gasteiger partial charge in [-0.2, -0.15) is 15.4 Å². The van der Waals surface area contributed by atoms with Crippen LogP contribution >= 0.6 is 0 Å². The van der Waals surface area contributed by atoms with E-state index in [0.29, 0.717) is 17.1 Å². The van der Waals surface area contributed by atoms with Gasteiger partial charge in [0.05, 0.1) is 7.11 Å². The number of nitrogens with one attached hydrogen (secondary N) is 3. The molecule has 0 saturated carbocycles. The lowest BCUT2D eigenvalue weighted by molar-refractivity contribution is 0.0938. The number of aromatic amines is 2. The van der Waals surface area contributed by atoms with Gasteiger partial charge < -0.3 is 15.0 Å². The molecule has 1 amide bonds. The summed E-state index contributed by atoms with van der Waals surface area (Å²) in [6, 6.07) is 9.42. The van der Waals surface area contributed by atoms with Gasteiger partial charge in [0.25, 0.3) is 5.91 Å². The quantitative estimate of drug-likeness (QED) is 0.672. The van der Waals surface area contributed by atoms with Crippen molar-refractivity contribution in [3.8, 4) is 28.3 Å². The minimum atomic E-state index is -0.150. The van der Waals surface area contributed by atoms with Crippen molar-refractivity contribution in [2.24, 2.45) is 0 Å². The van der Waals surface area contributed by atoms with E-state index >= 15 is 0 Å². The van der Waals surface area contributed by atoms with E-state index in [-0.39, 0.29) is 11.9 Å². The number of aromatic nitrogens is 4. The summed E-state index contributed by atoms with van der Waals surface area (Å²) < 4.78 is 5.25. The molecule has 0 unspecified atom stereocenters. The van der Waals surface area contributed by atoms with Crippen LogP contribution in [-0.4, -0.2) is 39.5 Å². The van der Waals surface area contributed by atoms with Crippen LogP contribution < -0.4 is 10.1 Å². The monoisotopic (exact) mass is 325 g/mol. The summed E-state index contributed by atoms with van der Waals surface area (Å²) >= 11 is 0. The molecule has 124 valence electrons. The Bertz CT molecular complexity index is 850. The molecule has 24 heavy (non-hydrogen) atoms. The van der Waals surface area contributed by atoms with Gasteiger partial charge in [0.2, 0.25) is 0 Å². The minimum absolute atomic E-state index is 0.0728. The number of rotatable bonds is 5. The first kappa shape index (κ1) is 15.8. The van der Waals surface area contributed by atoms with Crippen LogP contribution in [0, 0.1) is 0 Å². The maximum atomic E-state index is 12.1. The fraction of sp³-hybridized carbons (Fsp3) is 0.235. The van der Waals surface area contributed by atoms with E-state index in [1.807, 2.05) is 38.1 Å². The van der Waals surface area contributed by atoms with Gasteiger partial charge in [0.15, 0.2) is 0 Å². The third-order valence-corrected chi connectivity index (χ3v) is 3.51. The molecule has 7 nitrogen and oxygen atoms in total. The van der Waals surface area contributed by atoms with Crippen molar-refractivity contribution in [2.45, 2.75) is 19.9 Å². The lowest BCUT2D eigenvalue weighted by Gasteiger charge is -2.05. The van der Waals surface area contributed by atoms with Crippen LogP contribution in [0.1, 0.15) is 24.3 Å². The third-order valence-electron chi connectivity index (χ3n) is 3.51. The van der Waals surface area contributed by atoms with E-state index in [1.165, 1.54) is 0 Å². The predicted octanol–water partition coefficient (Wildman–Crippen LogP) is 2.61. The number of carbonyl (C=O) groups is 1. The van der Waals surface area contributed by atoms with Crippen LogP contribution in [0.2, 0.25) is 0 Å². The first-order chi connectivity index (χ1) is 11.6. The standard InChI is InChI=1S/C17H19N5O2/c1-10(2)19-17(23)14-8-12(9-18-14)16-15(20-22-21-16)11-5-4-6-13(7-11)24-3/h4-10,18H,1-3H3,(H,19,23)(H,20,21,22). The molecule has 0 fully saturated rings. The van der Waals surface area contributed by atoms with Crippen LogP contribution in [0.3, 0.4) is 0 Å². The fourth-order valence-corrected chi connectivity index (χ4v) is 2.41. The second-order valence-corrected chi connectivity index (χ2v) is 5.68. The second kappa shape index (κ2) is 6.57. The van der Waals surface area contributed by atoms with Crippen molar-refractivity contribution < 1.29 is 9.53 Å². The van der Waals surface area contributed by atoms with Gasteiger partial charge in [0, 0.05) is 23.4 Å². The summed E-state index contributed by atoms with van der Waals surface area (Å²) in [5.41, 5.74) is 3.52. The van der Waals surface area contributed by atoms with Crippen LogP contribution in [0.5, 0.6) is 5.75 Å². The Balaban J connectivity index is 1.93. The number of benzene rings is 1. The van der Waals surface area contributed by atoms with E-state index in [4.69, 9.17) is 4.74 Å². The summed E-state index contributed by atoms with van der Waals surface area (Å²) in [5.74, 6) is 0.593.